The summed E-state index contributed by atoms with van der Waals surface area (Å²) in [5, 5.41) is 0.608. The Morgan fingerprint density at radius 3 is 2.82 bits per heavy atom. The summed E-state index contributed by atoms with van der Waals surface area (Å²) >= 11 is 0. The first-order valence-corrected chi connectivity index (χ1v) is 5.83. The second kappa shape index (κ2) is 3.55. The number of ketones is 1. The zero-order chi connectivity index (χ0) is 12.0. The zero-order valence-electron chi connectivity index (χ0n) is 9.62. The van der Waals surface area contributed by atoms with E-state index in [1.807, 2.05) is 25.1 Å². The van der Waals surface area contributed by atoms with E-state index in [0.29, 0.717) is 10.9 Å². The molecule has 0 amide bonds. The van der Waals surface area contributed by atoms with E-state index >= 15 is 0 Å². The number of H-pyrrole nitrogens is 1. The van der Waals surface area contributed by atoms with Crippen molar-refractivity contribution in [2.75, 3.05) is 0 Å². The van der Waals surface area contributed by atoms with Gasteiger partial charge in [0.05, 0.1) is 5.56 Å². The maximum absolute atomic E-state index is 12.2. The first-order chi connectivity index (χ1) is 8.16. The third kappa shape index (κ3) is 1.68. The largest absolute Gasteiger partial charge is 0.360 e. The summed E-state index contributed by atoms with van der Waals surface area (Å²) < 4.78 is 0. The predicted molar refractivity (Wildman–Crippen MR) is 66.4 cm³/mol. The molecule has 17 heavy (non-hydrogen) atoms. The van der Waals surface area contributed by atoms with Crippen molar-refractivity contribution >= 4 is 16.7 Å². The first kappa shape index (κ1) is 10.3. The van der Waals surface area contributed by atoms with Gasteiger partial charge in [-0.1, -0.05) is 11.6 Å². The van der Waals surface area contributed by atoms with Gasteiger partial charge in [-0.15, -0.1) is 0 Å². The van der Waals surface area contributed by atoms with Crippen LogP contribution in [0.3, 0.4) is 0 Å². The lowest BCUT2D eigenvalue weighted by Gasteiger charge is -2.02. The molecule has 1 fully saturated rings. The van der Waals surface area contributed by atoms with Crippen LogP contribution in [0.4, 0.5) is 0 Å². The minimum atomic E-state index is -0.139. The summed E-state index contributed by atoms with van der Waals surface area (Å²) in [6.07, 6.45) is 3.40. The number of benzene rings is 1. The van der Waals surface area contributed by atoms with Crippen LogP contribution in [0.15, 0.2) is 29.2 Å². The lowest BCUT2D eigenvalue weighted by Crippen LogP contribution is -2.17. The number of fused-ring (bicyclic) bond motifs is 1. The zero-order valence-corrected chi connectivity index (χ0v) is 9.62. The second-order valence-electron chi connectivity index (χ2n) is 4.72. The lowest BCUT2D eigenvalue weighted by atomic mass is 10.0. The molecule has 0 spiro atoms. The van der Waals surface area contributed by atoms with E-state index in [1.54, 1.807) is 6.20 Å². The number of pyridine rings is 1. The topological polar surface area (TPSA) is 49.9 Å². The highest BCUT2D eigenvalue weighted by Crippen LogP contribution is 2.31. The van der Waals surface area contributed by atoms with Crippen LogP contribution >= 0.6 is 0 Å². The van der Waals surface area contributed by atoms with Crippen LogP contribution in [0.25, 0.3) is 10.9 Å². The van der Waals surface area contributed by atoms with Crippen molar-refractivity contribution in [2.45, 2.75) is 19.8 Å². The van der Waals surface area contributed by atoms with Crippen molar-refractivity contribution in [3.8, 4) is 0 Å². The van der Waals surface area contributed by atoms with Gasteiger partial charge in [0, 0.05) is 23.0 Å². The predicted octanol–water partition coefficient (Wildman–Crippen LogP) is 2.43. The molecule has 1 aromatic carbocycles. The number of hydrogen-bond acceptors (Lipinski definition) is 2. The maximum atomic E-state index is 12.2. The van der Waals surface area contributed by atoms with Crippen molar-refractivity contribution in [1.29, 1.82) is 0 Å². The maximum Gasteiger partial charge on any atom is 0.200 e. The fraction of sp³-hybridized carbons (Fsp3) is 0.286. The molecule has 86 valence electrons. The molecule has 1 aliphatic carbocycles. The van der Waals surface area contributed by atoms with Gasteiger partial charge in [-0.3, -0.25) is 9.59 Å². The van der Waals surface area contributed by atoms with Gasteiger partial charge in [0.25, 0.3) is 0 Å². The molecule has 0 aliphatic heterocycles. The molecule has 1 N–H and O–H groups in total. The number of aromatic nitrogens is 1. The highest BCUT2D eigenvalue weighted by atomic mass is 16.1. The van der Waals surface area contributed by atoms with E-state index in [9.17, 15) is 9.59 Å². The highest BCUT2D eigenvalue weighted by molar-refractivity contribution is 6.01. The Bertz CT molecular complexity index is 665. The molecule has 1 aliphatic rings. The Kier molecular flexibility index (Phi) is 2.15. The fourth-order valence-corrected chi connectivity index (χ4v) is 2.08. The molecule has 3 rings (SSSR count). The standard InChI is InChI=1S/C14H13NO2/c1-8-2-5-12-10(6-8)14(17)11(7-15-12)13(16)9-3-4-9/h2,5-7,9H,3-4H2,1H3,(H,15,17). The Balaban J connectivity index is 2.24. The molecule has 1 aromatic heterocycles. The second-order valence-corrected chi connectivity index (χ2v) is 4.72. The molecule has 1 heterocycles. The van der Waals surface area contributed by atoms with Crippen molar-refractivity contribution in [2.24, 2.45) is 5.92 Å². The van der Waals surface area contributed by atoms with Gasteiger partial charge in [-0.25, -0.2) is 0 Å². The van der Waals surface area contributed by atoms with Crippen molar-refractivity contribution in [1.82, 2.24) is 4.98 Å². The monoisotopic (exact) mass is 227 g/mol. The van der Waals surface area contributed by atoms with Crippen LogP contribution in [-0.4, -0.2) is 10.8 Å². The van der Waals surface area contributed by atoms with Crippen molar-refractivity contribution in [3.05, 3.63) is 45.7 Å². The molecule has 1 saturated carbocycles. The lowest BCUT2D eigenvalue weighted by molar-refractivity contribution is 0.0966. The van der Waals surface area contributed by atoms with Gasteiger partial charge < -0.3 is 4.98 Å². The van der Waals surface area contributed by atoms with Gasteiger partial charge in [-0.05, 0) is 31.9 Å². The molecule has 2 aromatic rings. The summed E-state index contributed by atoms with van der Waals surface area (Å²) in [6, 6.07) is 5.65. The van der Waals surface area contributed by atoms with Crippen LogP contribution in [0.2, 0.25) is 0 Å². The quantitative estimate of drug-likeness (QED) is 0.801. The average molecular weight is 227 g/mol. The fourth-order valence-electron chi connectivity index (χ4n) is 2.08. The van der Waals surface area contributed by atoms with E-state index in [2.05, 4.69) is 4.98 Å². The van der Waals surface area contributed by atoms with E-state index < -0.39 is 0 Å². The average Bonchev–Trinajstić information content (AvgIpc) is 3.13. The van der Waals surface area contributed by atoms with Crippen LogP contribution in [-0.2, 0) is 0 Å². The Hall–Kier alpha value is -1.90. The summed E-state index contributed by atoms with van der Waals surface area (Å²) in [4.78, 5) is 27.2. The van der Waals surface area contributed by atoms with Gasteiger partial charge in [0.2, 0.25) is 0 Å². The van der Waals surface area contributed by atoms with Gasteiger partial charge in [-0.2, -0.15) is 0 Å². The highest BCUT2D eigenvalue weighted by Gasteiger charge is 2.32. The number of rotatable bonds is 2. The van der Waals surface area contributed by atoms with E-state index in [4.69, 9.17) is 0 Å². The number of aryl methyl sites for hydroxylation is 1. The SMILES string of the molecule is Cc1ccc2[nH]cc(C(=O)C3CC3)c(=O)c2c1. The van der Waals surface area contributed by atoms with E-state index in [0.717, 1.165) is 23.9 Å². The Morgan fingerprint density at radius 1 is 1.35 bits per heavy atom. The molecule has 0 saturated heterocycles. The van der Waals surface area contributed by atoms with Crippen LogP contribution in [0, 0.1) is 12.8 Å². The first-order valence-electron chi connectivity index (χ1n) is 5.83. The number of Topliss-reactive ketones (excluding diaryl/α,β-unsaturated/α-hetero) is 1. The summed E-state index contributed by atoms with van der Waals surface area (Å²) in [5.41, 5.74) is 1.98. The number of aromatic amines is 1. The molecular formula is C14H13NO2. The minimum absolute atomic E-state index is 0.00495. The summed E-state index contributed by atoms with van der Waals surface area (Å²) in [6.45, 7) is 1.94. The normalized spacial score (nSPS) is 15.1. The summed E-state index contributed by atoms with van der Waals surface area (Å²) in [5.74, 6) is 0.0769. The van der Waals surface area contributed by atoms with E-state index in [1.165, 1.54) is 0 Å². The minimum Gasteiger partial charge on any atom is -0.360 e. The molecule has 3 heteroatoms. The number of carbonyl (C=O) groups is 1. The van der Waals surface area contributed by atoms with Crippen molar-refractivity contribution < 1.29 is 4.79 Å². The van der Waals surface area contributed by atoms with Crippen LogP contribution in [0.1, 0.15) is 28.8 Å². The third-order valence-electron chi connectivity index (χ3n) is 3.25. The van der Waals surface area contributed by atoms with Gasteiger partial charge in [0.1, 0.15) is 0 Å². The van der Waals surface area contributed by atoms with Crippen LogP contribution < -0.4 is 5.43 Å². The Morgan fingerprint density at radius 2 is 2.12 bits per heavy atom. The smallest absolute Gasteiger partial charge is 0.200 e. The third-order valence-corrected chi connectivity index (χ3v) is 3.25. The summed E-state index contributed by atoms with van der Waals surface area (Å²) in [7, 11) is 0. The van der Waals surface area contributed by atoms with E-state index in [-0.39, 0.29) is 17.1 Å². The van der Waals surface area contributed by atoms with Gasteiger partial charge in [0.15, 0.2) is 11.2 Å². The number of nitrogens with one attached hydrogen (secondary N) is 1. The molecular weight excluding hydrogens is 214 g/mol. The molecule has 0 radical (unpaired) electrons. The molecule has 0 bridgehead atoms. The number of hydrogen-bond donors (Lipinski definition) is 1. The number of carbonyl (C=O) groups excluding carboxylic acids is 1. The molecule has 0 unspecified atom stereocenters. The molecule has 0 atom stereocenters. The van der Waals surface area contributed by atoms with Gasteiger partial charge >= 0.3 is 0 Å². The van der Waals surface area contributed by atoms with Crippen molar-refractivity contribution in [3.63, 3.8) is 0 Å². The van der Waals surface area contributed by atoms with Crippen LogP contribution in [0.5, 0.6) is 0 Å². The Labute approximate surface area is 98.5 Å². The molecule has 3 nitrogen and oxygen atoms in total.